The van der Waals surface area contributed by atoms with Crippen LogP contribution in [0.25, 0.3) is 0 Å². The summed E-state index contributed by atoms with van der Waals surface area (Å²) in [6.07, 6.45) is 10.0. The number of hydrogen-bond donors (Lipinski definition) is 2. The molecule has 16 atom stereocenters. The van der Waals surface area contributed by atoms with E-state index in [0.717, 1.165) is 32.1 Å². The van der Waals surface area contributed by atoms with Gasteiger partial charge in [-0.3, -0.25) is 0 Å². The third kappa shape index (κ3) is 11.9. The normalized spacial score (nSPS) is 41.9. The van der Waals surface area contributed by atoms with Crippen LogP contribution in [-0.4, -0.2) is 137 Å². The molecule has 0 aromatic rings. The van der Waals surface area contributed by atoms with Gasteiger partial charge in [-0.15, -0.1) is 0 Å². The lowest BCUT2D eigenvalue weighted by Gasteiger charge is -2.39. The zero-order valence-electron chi connectivity index (χ0n) is 34.4. The van der Waals surface area contributed by atoms with E-state index in [1.54, 1.807) is 47.7 Å². The molecule has 4 aliphatic heterocycles. The molecule has 0 aromatic heterocycles. The van der Waals surface area contributed by atoms with Gasteiger partial charge in [0, 0.05) is 72.7 Å². The summed E-state index contributed by atoms with van der Waals surface area (Å²) in [5, 5.41) is 23.0. The van der Waals surface area contributed by atoms with Crippen molar-refractivity contribution >= 4 is 5.97 Å². The number of carbonyl (C=O) groups excluding carboxylic acids is 1. The molecular formula is C42H70O12. The van der Waals surface area contributed by atoms with Crippen molar-refractivity contribution < 1.29 is 57.6 Å². The Morgan fingerprint density at radius 3 is 2.20 bits per heavy atom. The van der Waals surface area contributed by atoms with E-state index in [0.29, 0.717) is 31.4 Å². The van der Waals surface area contributed by atoms with E-state index in [1.807, 2.05) is 33.8 Å². The van der Waals surface area contributed by atoms with Crippen molar-refractivity contribution in [3.05, 3.63) is 36.0 Å². The van der Waals surface area contributed by atoms with Crippen molar-refractivity contribution in [3.8, 4) is 0 Å². The fourth-order valence-electron chi connectivity index (χ4n) is 8.87. The first-order valence-electron chi connectivity index (χ1n) is 20.0. The smallest absolute Gasteiger partial charge is 0.331 e. The molecule has 4 aliphatic rings. The molecule has 0 amide bonds. The maximum absolute atomic E-state index is 13.6. The largest absolute Gasteiger partial charge is 0.458 e. The van der Waals surface area contributed by atoms with Crippen LogP contribution in [0.5, 0.6) is 0 Å². The zero-order chi connectivity index (χ0) is 39.6. The Bertz CT molecular complexity index is 1230. The summed E-state index contributed by atoms with van der Waals surface area (Å²) >= 11 is 0. The monoisotopic (exact) mass is 766 g/mol. The Balaban J connectivity index is 1.61. The van der Waals surface area contributed by atoms with Crippen LogP contribution < -0.4 is 0 Å². The molecule has 1 spiro atoms. The quantitative estimate of drug-likeness (QED) is 0.164. The number of cyclic esters (lactones) is 1. The molecule has 2 N–H and O–H groups in total. The van der Waals surface area contributed by atoms with E-state index >= 15 is 0 Å². The van der Waals surface area contributed by atoms with Crippen molar-refractivity contribution in [1.29, 1.82) is 0 Å². The minimum absolute atomic E-state index is 0.0589. The van der Waals surface area contributed by atoms with Crippen molar-refractivity contribution in [2.24, 2.45) is 17.8 Å². The number of aliphatic hydroxyl groups excluding tert-OH is 2. The highest BCUT2D eigenvalue weighted by Gasteiger charge is 2.59. The van der Waals surface area contributed by atoms with Crippen molar-refractivity contribution in [3.63, 3.8) is 0 Å². The number of ether oxygens (including phenoxy) is 9. The summed E-state index contributed by atoms with van der Waals surface area (Å²) in [6, 6.07) is 0. The van der Waals surface area contributed by atoms with Crippen LogP contribution in [0.2, 0.25) is 0 Å². The van der Waals surface area contributed by atoms with Crippen molar-refractivity contribution in [2.45, 2.75) is 165 Å². The van der Waals surface area contributed by atoms with E-state index in [2.05, 4.69) is 13.0 Å². The lowest BCUT2D eigenvalue weighted by Crippen LogP contribution is -2.50. The summed E-state index contributed by atoms with van der Waals surface area (Å²) in [5.74, 6) is -1.44. The van der Waals surface area contributed by atoms with E-state index < -0.39 is 54.1 Å². The molecule has 2 fully saturated rings. The van der Waals surface area contributed by atoms with Crippen LogP contribution >= 0.6 is 0 Å². The lowest BCUT2D eigenvalue weighted by molar-refractivity contribution is -0.159. The van der Waals surface area contributed by atoms with Gasteiger partial charge in [0.15, 0.2) is 0 Å². The Kier molecular flexibility index (Phi) is 17.6. The van der Waals surface area contributed by atoms with E-state index in [-0.39, 0.29) is 48.5 Å². The molecule has 4 heterocycles. The fraction of sp³-hybridized carbons (Fsp3) is 0.833. The van der Waals surface area contributed by atoms with Gasteiger partial charge >= 0.3 is 5.97 Å². The van der Waals surface area contributed by atoms with E-state index in [1.165, 1.54) is 6.08 Å². The number of hydrogen-bond acceptors (Lipinski definition) is 12. The van der Waals surface area contributed by atoms with Gasteiger partial charge in [-0.25, -0.2) is 4.79 Å². The molecule has 0 aromatic carbocycles. The van der Waals surface area contributed by atoms with E-state index in [4.69, 9.17) is 42.6 Å². The van der Waals surface area contributed by atoms with Gasteiger partial charge in [-0.1, -0.05) is 50.6 Å². The average Bonchev–Trinajstić information content (AvgIpc) is 3.97. The van der Waals surface area contributed by atoms with Crippen molar-refractivity contribution in [2.75, 3.05) is 42.2 Å². The molecule has 2 bridgehead atoms. The number of epoxide rings is 1. The fourth-order valence-corrected chi connectivity index (χ4v) is 8.87. The second-order valence-corrected chi connectivity index (χ2v) is 16.2. The van der Waals surface area contributed by atoms with Crippen LogP contribution in [0.15, 0.2) is 36.0 Å². The first-order chi connectivity index (χ1) is 25.8. The first-order valence-corrected chi connectivity index (χ1v) is 20.0. The number of rotatable bonds is 11. The van der Waals surface area contributed by atoms with Gasteiger partial charge in [-0.2, -0.15) is 0 Å². The molecule has 12 heteroatoms. The summed E-state index contributed by atoms with van der Waals surface area (Å²) in [7, 11) is 8.31. The predicted molar refractivity (Wildman–Crippen MR) is 204 cm³/mol. The number of esters is 1. The molecule has 310 valence electrons. The highest BCUT2D eigenvalue weighted by molar-refractivity contribution is 5.82. The number of methoxy groups -OCH3 is 5. The highest BCUT2D eigenvalue weighted by Crippen LogP contribution is 2.43. The SMILES string of the molecule is CO[C@H]1C[C@H](CC[C@H](C)[C@H](O)[C@H](C)[C@H]2OC(=O)/C=C/C(C)=C/[C@@H](O)[C@H](OC)C[C@@H]3C=CC[C@@H](C[C@H](OC)[C@@]4(CO4)[C@@H](OC)C[C@@H](OC)[C@@H]2C)O3)O[C@@H](C)C1. The van der Waals surface area contributed by atoms with Gasteiger partial charge in [0.25, 0.3) is 0 Å². The summed E-state index contributed by atoms with van der Waals surface area (Å²) in [5.41, 5.74) is -0.0470. The van der Waals surface area contributed by atoms with Gasteiger partial charge in [0.2, 0.25) is 0 Å². The average molecular weight is 767 g/mol. The predicted octanol–water partition coefficient (Wildman–Crippen LogP) is 5.12. The van der Waals surface area contributed by atoms with Crippen LogP contribution in [-0.2, 0) is 47.4 Å². The van der Waals surface area contributed by atoms with Gasteiger partial charge in [0.1, 0.15) is 11.7 Å². The third-order valence-corrected chi connectivity index (χ3v) is 12.4. The minimum atomic E-state index is -0.939. The summed E-state index contributed by atoms with van der Waals surface area (Å²) in [6.45, 7) is 10.3. The molecule has 2 saturated heterocycles. The number of allylic oxidation sites excluding steroid dienone is 2. The molecule has 0 unspecified atom stereocenters. The molecule has 0 saturated carbocycles. The Labute approximate surface area is 323 Å². The Morgan fingerprint density at radius 2 is 1.57 bits per heavy atom. The van der Waals surface area contributed by atoms with Crippen LogP contribution in [0, 0.1) is 17.8 Å². The lowest BCUT2D eigenvalue weighted by atomic mass is 9.78. The van der Waals surface area contributed by atoms with E-state index in [9.17, 15) is 15.0 Å². The van der Waals surface area contributed by atoms with Gasteiger partial charge in [-0.05, 0) is 51.9 Å². The topological polar surface area (TPSA) is 144 Å². The van der Waals surface area contributed by atoms with Crippen LogP contribution in [0.3, 0.4) is 0 Å². The van der Waals surface area contributed by atoms with Crippen LogP contribution in [0.1, 0.15) is 86.0 Å². The molecular weight excluding hydrogens is 696 g/mol. The summed E-state index contributed by atoms with van der Waals surface area (Å²) < 4.78 is 54.9. The van der Waals surface area contributed by atoms with Gasteiger partial charge < -0.3 is 52.8 Å². The third-order valence-electron chi connectivity index (χ3n) is 12.4. The molecule has 4 rings (SSSR count). The summed E-state index contributed by atoms with van der Waals surface area (Å²) in [4.78, 5) is 13.6. The number of carbonyl (C=O) groups is 1. The number of fused-ring (bicyclic) bond motifs is 2. The van der Waals surface area contributed by atoms with Crippen molar-refractivity contribution in [1.82, 2.24) is 0 Å². The Hall–Kier alpha value is -1.71. The zero-order valence-corrected chi connectivity index (χ0v) is 34.4. The first kappa shape index (κ1) is 45.0. The molecule has 12 nitrogen and oxygen atoms in total. The van der Waals surface area contributed by atoms with Gasteiger partial charge in [0.05, 0.1) is 73.8 Å². The molecule has 0 aliphatic carbocycles. The standard InChI is InChI=1S/C42H70O12/c1-25-14-17-39(44)54-41(29(5)40(45)26(2)15-16-32-20-33(46-6)19-27(3)52-32)28(4)35(47-7)23-38(50-10)42(24-51-42)37(49-9)22-31-13-11-12-30(53-31)21-36(48-8)34(43)18-25/h11-12,14,17-18,26-38,40-41,43,45H,13,15-16,19-24H2,1-10H3/b17-14+,25-18+/t26-,27-,28-,29-,30-,31-,32-,33+,34+,35+,36+,37-,38-,40-,41-,42-/m0/s1. The highest BCUT2D eigenvalue weighted by atomic mass is 16.6. The maximum Gasteiger partial charge on any atom is 0.331 e. The molecule has 0 radical (unpaired) electrons. The molecule has 54 heavy (non-hydrogen) atoms. The second kappa shape index (κ2) is 21.2. The number of aliphatic hydroxyl groups is 2. The minimum Gasteiger partial charge on any atom is -0.458 e. The maximum atomic E-state index is 13.6. The van der Waals surface area contributed by atoms with Crippen LogP contribution in [0.4, 0.5) is 0 Å². The second-order valence-electron chi connectivity index (χ2n) is 16.2. The Morgan fingerprint density at radius 1 is 0.889 bits per heavy atom.